The Morgan fingerprint density at radius 3 is 2.53 bits per heavy atom. The van der Waals surface area contributed by atoms with Crippen LogP contribution in [0.3, 0.4) is 0 Å². The summed E-state index contributed by atoms with van der Waals surface area (Å²) in [6.45, 7) is 4.17. The molecule has 0 radical (unpaired) electrons. The molecule has 0 aliphatic rings. The number of carbonyl (C=O) groups excluding carboxylic acids is 1. The topological polar surface area (TPSA) is 29.1 Å². The minimum absolute atomic E-state index is 0.0234. The summed E-state index contributed by atoms with van der Waals surface area (Å²) in [6, 6.07) is 9.86. The van der Waals surface area contributed by atoms with E-state index in [1.165, 1.54) is 15.3 Å². The monoisotopic (exact) mass is 291 g/mol. The molecule has 0 fully saturated rings. The molecular formula is C15H17NOS2. The van der Waals surface area contributed by atoms with Crippen LogP contribution in [-0.2, 0) is 6.42 Å². The minimum Gasteiger partial charge on any atom is -0.321 e. The van der Waals surface area contributed by atoms with Crippen LogP contribution < -0.4 is 5.32 Å². The molecule has 2 rings (SSSR count). The van der Waals surface area contributed by atoms with Crippen molar-refractivity contribution in [3.63, 3.8) is 0 Å². The van der Waals surface area contributed by atoms with Crippen molar-refractivity contribution >= 4 is 34.7 Å². The second kappa shape index (κ2) is 6.26. The number of thioether (sulfide) groups is 1. The Hall–Kier alpha value is -1.26. The molecule has 1 heterocycles. The summed E-state index contributed by atoms with van der Waals surface area (Å²) >= 11 is 3.27. The van der Waals surface area contributed by atoms with Crippen LogP contribution in [0.1, 0.15) is 27.0 Å². The number of hydrogen-bond donors (Lipinski definition) is 1. The maximum atomic E-state index is 12.1. The zero-order valence-corrected chi connectivity index (χ0v) is 13.0. The SMILES string of the molecule is CCc1sc(C(=O)Nc2ccc(SC)cc2)cc1C. The van der Waals surface area contributed by atoms with E-state index in [0.717, 1.165) is 17.0 Å². The van der Waals surface area contributed by atoms with Gasteiger partial charge in [0.1, 0.15) is 0 Å². The van der Waals surface area contributed by atoms with Crippen molar-refractivity contribution in [3.05, 3.63) is 45.6 Å². The van der Waals surface area contributed by atoms with Crippen molar-refractivity contribution < 1.29 is 4.79 Å². The molecule has 19 heavy (non-hydrogen) atoms. The molecule has 100 valence electrons. The van der Waals surface area contributed by atoms with E-state index in [4.69, 9.17) is 0 Å². The highest BCUT2D eigenvalue weighted by Gasteiger charge is 2.11. The Balaban J connectivity index is 2.11. The first-order chi connectivity index (χ1) is 9.13. The van der Waals surface area contributed by atoms with Crippen LogP contribution in [0.4, 0.5) is 5.69 Å². The Labute approximate surface area is 122 Å². The lowest BCUT2D eigenvalue weighted by molar-refractivity contribution is 0.103. The zero-order valence-electron chi connectivity index (χ0n) is 11.3. The number of hydrogen-bond acceptors (Lipinski definition) is 3. The quantitative estimate of drug-likeness (QED) is 0.835. The van der Waals surface area contributed by atoms with E-state index in [1.807, 2.05) is 36.6 Å². The van der Waals surface area contributed by atoms with Crippen LogP contribution in [0, 0.1) is 6.92 Å². The summed E-state index contributed by atoms with van der Waals surface area (Å²) in [5.74, 6) is -0.0234. The van der Waals surface area contributed by atoms with Gasteiger partial charge in [-0.25, -0.2) is 0 Å². The van der Waals surface area contributed by atoms with Crippen molar-refractivity contribution in [2.75, 3.05) is 11.6 Å². The van der Waals surface area contributed by atoms with Gasteiger partial charge in [0.05, 0.1) is 4.88 Å². The van der Waals surface area contributed by atoms with Crippen molar-refractivity contribution in [3.8, 4) is 0 Å². The number of anilines is 1. The molecule has 4 heteroatoms. The average molecular weight is 291 g/mol. The van der Waals surface area contributed by atoms with Gasteiger partial charge in [0.25, 0.3) is 5.91 Å². The molecule has 0 aliphatic carbocycles. The summed E-state index contributed by atoms with van der Waals surface area (Å²) in [5.41, 5.74) is 2.04. The summed E-state index contributed by atoms with van der Waals surface area (Å²) < 4.78 is 0. The molecule has 2 aromatic rings. The van der Waals surface area contributed by atoms with Gasteiger partial charge in [0, 0.05) is 15.5 Å². The molecule has 0 bridgehead atoms. The fourth-order valence-corrected chi connectivity index (χ4v) is 3.27. The van der Waals surface area contributed by atoms with Crippen LogP contribution in [0.25, 0.3) is 0 Å². The third kappa shape index (κ3) is 3.39. The van der Waals surface area contributed by atoms with Crippen LogP contribution in [0.15, 0.2) is 35.2 Å². The Morgan fingerprint density at radius 1 is 1.32 bits per heavy atom. The van der Waals surface area contributed by atoms with E-state index in [-0.39, 0.29) is 5.91 Å². The van der Waals surface area contributed by atoms with E-state index in [9.17, 15) is 4.79 Å². The van der Waals surface area contributed by atoms with Gasteiger partial charge in [-0.15, -0.1) is 23.1 Å². The largest absolute Gasteiger partial charge is 0.321 e. The first-order valence-corrected chi connectivity index (χ1v) is 8.23. The number of aryl methyl sites for hydroxylation is 2. The third-order valence-corrected chi connectivity index (χ3v) is 5.04. The number of benzene rings is 1. The fraction of sp³-hybridized carbons (Fsp3) is 0.267. The van der Waals surface area contributed by atoms with Gasteiger partial charge in [-0.3, -0.25) is 4.79 Å². The molecule has 0 saturated carbocycles. The Kier molecular flexibility index (Phi) is 4.66. The normalized spacial score (nSPS) is 10.5. The number of amides is 1. The van der Waals surface area contributed by atoms with Crippen molar-refractivity contribution in [2.24, 2.45) is 0 Å². The summed E-state index contributed by atoms with van der Waals surface area (Å²) in [5, 5.41) is 2.94. The smallest absolute Gasteiger partial charge is 0.265 e. The summed E-state index contributed by atoms with van der Waals surface area (Å²) in [7, 11) is 0. The molecule has 0 atom stereocenters. The molecule has 0 unspecified atom stereocenters. The first-order valence-electron chi connectivity index (χ1n) is 6.18. The zero-order chi connectivity index (χ0) is 13.8. The molecule has 1 aromatic heterocycles. The van der Waals surface area contributed by atoms with Gasteiger partial charge in [-0.05, 0) is 55.5 Å². The van der Waals surface area contributed by atoms with Crippen LogP contribution >= 0.6 is 23.1 Å². The minimum atomic E-state index is -0.0234. The van der Waals surface area contributed by atoms with E-state index >= 15 is 0 Å². The lowest BCUT2D eigenvalue weighted by Crippen LogP contribution is -2.09. The second-order valence-corrected chi connectivity index (χ2v) is 6.27. The van der Waals surface area contributed by atoms with E-state index in [1.54, 1.807) is 23.1 Å². The van der Waals surface area contributed by atoms with Crippen molar-refractivity contribution in [2.45, 2.75) is 25.2 Å². The standard InChI is InChI=1S/C15H17NOS2/c1-4-13-10(2)9-14(19-13)15(17)16-11-5-7-12(18-3)8-6-11/h5-9H,4H2,1-3H3,(H,16,17). The highest BCUT2D eigenvalue weighted by atomic mass is 32.2. The molecule has 1 amide bonds. The van der Waals surface area contributed by atoms with Crippen molar-refractivity contribution in [1.29, 1.82) is 0 Å². The molecule has 0 spiro atoms. The lowest BCUT2D eigenvalue weighted by atomic mass is 10.2. The van der Waals surface area contributed by atoms with E-state index in [0.29, 0.717) is 0 Å². The number of rotatable bonds is 4. The highest BCUT2D eigenvalue weighted by Crippen LogP contribution is 2.24. The second-order valence-electron chi connectivity index (χ2n) is 4.25. The molecule has 1 N–H and O–H groups in total. The summed E-state index contributed by atoms with van der Waals surface area (Å²) in [4.78, 5) is 15.4. The molecule has 1 aromatic carbocycles. The maximum absolute atomic E-state index is 12.1. The van der Waals surface area contributed by atoms with Crippen LogP contribution in [0.5, 0.6) is 0 Å². The number of nitrogens with one attached hydrogen (secondary N) is 1. The predicted molar refractivity (Wildman–Crippen MR) is 84.6 cm³/mol. The number of carbonyl (C=O) groups is 1. The van der Waals surface area contributed by atoms with Gasteiger partial charge in [-0.1, -0.05) is 6.92 Å². The molecular weight excluding hydrogens is 274 g/mol. The van der Waals surface area contributed by atoms with Crippen LogP contribution in [-0.4, -0.2) is 12.2 Å². The summed E-state index contributed by atoms with van der Waals surface area (Å²) in [6.07, 6.45) is 3.01. The average Bonchev–Trinajstić information content (AvgIpc) is 2.81. The Bertz CT molecular complexity index is 572. The first kappa shape index (κ1) is 14.2. The lowest BCUT2D eigenvalue weighted by Gasteiger charge is -2.04. The van der Waals surface area contributed by atoms with E-state index < -0.39 is 0 Å². The third-order valence-electron chi connectivity index (χ3n) is 2.91. The van der Waals surface area contributed by atoms with Gasteiger partial charge in [0.2, 0.25) is 0 Å². The van der Waals surface area contributed by atoms with Crippen molar-refractivity contribution in [1.82, 2.24) is 0 Å². The van der Waals surface area contributed by atoms with E-state index in [2.05, 4.69) is 19.2 Å². The van der Waals surface area contributed by atoms with Gasteiger partial charge in [-0.2, -0.15) is 0 Å². The Morgan fingerprint density at radius 2 is 2.00 bits per heavy atom. The van der Waals surface area contributed by atoms with Gasteiger partial charge in [0.15, 0.2) is 0 Å². The molecule has 0 aliphatic heterocycles. The molecule has 0 saturated heterocycles. The fourth-order valence-electron chi connectivity index (χ4n) is 1.85. The predicted octanol–water partition coefficient (Wildman–Crippen LogP) is 4.59. The molecule has 2 nitrogen and oxygen atoms in total. The maximum Gasteiger partial charge on any atom is 0.265 e. The van der Waals surface area contributed by atoms with Crippen LogP contribution in [0.2, 0.25) is 0 Å². The van der Waals surface area contributed by atoms with Gasteiger partial charge >= 0.3 is 0 Å². The number of thiophene rings is 1. The van der Waals surface area contributed by atoms with Gasteiger partial charge < -0.3 is 5.32 Å². The highest BCUT2D eigenvalue weighted by molar-refractivity contribution is 7.98.